The fourth-order valence-corrected chi connectivity index (χ4v) is 1.71. The van der Waals surface area contributed by atoms with Crippen LogP contribution in [0.2, 0.25) is 0 Å². The van der Waals surface area contributed by atoms with Gasteiger partial charge < -0.3 is 11.1 Å². The minimum Gasteiger partial charge on any atom is -0.396 e. The molecule has 7 heteroatoms. The van der Waals surface area contributed by atoms with E-state index in [1.807, 2.05) is 6.07 Å². The SMILES string of the molecule is N#Cc1cnc(Nc2cc(F)c(Br)cc2F)c(N)c1. The molecule has 0 bridgehead atoms. The molecule has 0 saturated heterocycles. The molecule has 1 aromatic carbocycles. The molecule has 96 valence electrons. The number of hydrogen-bond acceptors (Lipinski definition) is 4. The largest absolute Gasteiger partial charge is 0.396 e. The molecule has 2 aromatic rings. The number of nitrogen functional groups attached to an aromatic ring is 1. The highest BCUT2D eigenvalue weighted by molar-refractivity contribution is 9.10. The fourth-order valence-electron chi connectivity index (χ4n) is 1.39. The standard InChI is InChI=1S/C12H7BrF2N4/c13-7-2-9(15)11(3-8(7)14)19-12-10(17)1-6(4-16)5-18-12/h1-3,5H,17H2,(H,18,19). The molecule has 0 aliphatic heterocycles. The molecule has 0 aliphatic rings. The molecule has 1 aromatic heterocycles. The number of pyridine rings is 1. The molecule has 0 fully saturated rings. The van der Waals surface area contributed by atoms with Gasteiger partial charge in [0.05, 0.1) is 21.4 Å². The number of rotatable bonds is 2. The third-order valence-electron chi connectivity index (χ3n) is 2.31. The zero-order valence-corrected chi connectivity index (χ0v) is 11.0. The van der Waals surface area contributed by atoms with Crippen molar-refractivity contribution >= 4 is 33.1 Å². The van der Waals surface area contributed by atoms with Gasteiger partial charge in [0.25, 0.3) is 0 Å². The Labute approximate surface area is 116 Å². The average molecular weight is 325 g/mol. The van der Waals surface area contributed by atoms with Gasteiger partial charge in [-0.15, -0.1) is 0 Å². The lowest BCUT2D eigenvalue weighted by Gasteiger charge is -2.10. The van der Waals surface area contributed by atoms with Crippen LogP contribution in [0.4, 0.5) is 26.0 Å². The summed E-state index contributed by atoms with van der Waals surface area (Å²) in [6.45, 7) is 0. The number of nitrogens with two attached hydrogens (primary N) is 1. The number of nitrogens with zero attached hydrogens (tertiary/aromatic N) is 2. The molecule has 4 nitrogen and oxygen atoms in total. The Kier molecular flexibility index (Phi) is 3.62. The summed E-state index contributed by atoms with van der Waals surface area (Å²) in [5.41, 5.74) is 6.02. The Morgan fingerprint density at radius 1 is 1.26 bits per heavy atom. The van der Waals surface area contributed by atoms with Crippen molar-refractivity contribution in [3.05, 3.63) is 46.1 Å². The lowest BCUT2D eigenvalue weighted by atomic mass is 10.2. The van der Waals surface area contributed by atoms with Crippen LogP contribution in [0.5, 0.6) is 0 Å². The molecular formula is C12H7BrF2N4. The lowest BCUT2D eigenvalue weighted by Crippen LogP contribution is -2.02. The van der Waals surface area contributed by atoms with Gasteiger partial charge in [-0.25, -0.2) is 13.8 Å². The summed E-state index contributed by atoms with van der Waals surface area (Å²) in [6, 6.07) is 5.25. The second-order valence-electron chi connectivity index (χ2n) is 3.64. The monoisotopic (exact) mass is 324 g/mol. The van der Waals surface area contributed by atoms with Gasteiger partial charge in [0.15, 0.2) is 5.82 Å². The lowest BCUT2D eigenvalue weighted by molar-refractivity contribution is 0.598. The van der Waals surface area contributed by atoms with E-state index in [9.17, 15) is 8.78 Å². The highest BCUT2D eigenvalue weighted by Gasteiger charge is 2.10. The number of benzene rings is 1. The average Bonchev–Trinajstić information content (AvgIpc) is 2.38. The summed E-state index contributed by atoms with van der Waals surface area (Å²) in [4.78, 5) is 3.88. The molecule has 0 aliphatic carbocycles. The molecule has 0 unspecified atom stereocenters. The van der Waals surface area contributed by atoms with Crippen molar-refractivity contribution in [2.24, 2.45) is 0 Å². The summed E-state index contributed by atoms with van der Waals surface area (Å²) in [7, 11) is 0. The van der Waals surface area contributed by atoms with Gasteiger partial charge in [-0.05, 0) is 28.1 Å². The normalized spacial score (nSPS) is 10.0. The smallest absolute Gasteiger partial charge is 0.153 e. The highest BCUT2D eigenvalue weighted by Crippen LogP contribution is 2.27. The zero-order chi connectivity index (χ0) is 14.0. The maximum atomic E-state index is 13.6. The van der Waals surface area contributed by atoms with E-state index in [0.29, 0.717) is 0 Å². The summed E-state index contributed by atoms with van der Waals surface area (Å²) in [6.07, 6.45) is 1.28. The van der Waals surface area contributed by atoms with Crippen molar-refractivity contribution < 1.29 is 8.78 Å². The van der Waals surface area contributed by atoms with Crippen molar-refractivity contribution in [2.45, 2.75) is 0 Å². The molecule has 3 N–H and O–H groups in total. The Morgan fingerprint density at radius 2 is 2.00 bits per heavy atom. The van der Waals surface area contributed by atoms with E-state index in [1.165, 1.54) is 12.3 Å². The summed E-state index contributed by atoms with van der Waals surface area (Å²) in [5.74, 6) is -1.12. The molecule has 0 amide bonds. The van der Waals surface area contributed by atoms with Crippen LogP contribution in [0, 0.1) is 23.0 Å². The molecule has 1 heterocycles. The predicted molar refractivity (Wildman–Crippen MR) is 70.7 cm³/mol. The Bertz CT molecular complexity index is 682. The second-order valence-corrected chi connectivity index (χ2v) is 4.50. The Morgan fingerprint density at radius 3 is 2.63 bits per heavy atom. The molecule has 19 heavy (non-hydrogen) atoms. The molecule has 0 atom stereocenters. The first-order valence-corrected chi connectivity index (χ1v) is 5.87. The van der Waals surface area contributed by atoms with Crippen LogP contribution in [0.15, 0.2) is 28.9 Å². The van der Waals surface area contributed by atoms with Crippen molar-refractivity contribution in [3.8, 4) is 6.07 Å². The minimum absolute atomic E-state index is 0.0244. The van der Waals surface area contributed by atoms with Gasteiger partial charge in [-0.2, -0.15) is 5.26 Å². The maximum absolute atomic E-state index is 13.6. The van der Waals surface area contributed by atoms with Crippen molar-refractivity contribution in [2.75, 3.05) is 11.1 Å². The van der Waals surface area contributed by atoms with Crippen LogP contribution >= 0.6 is 15.9 Å². The van der Waals surface area contributed by atoms with Gasteiger partial charge in [0.1, 0.15) is 17.7 Å². The fraction of sp³-hybridized carbons (Fsp3) is 0. The van der Waals surface area contributed by atoms with E-state index in [4.69, 9.17) is 11.0 Å². The molecular weight excluding hydrogens is 318 g/mol. The highest BCUT2D eigenvalue weighted by atomic mass is 79.9. The van der Waals surface area contributed by atoms with Gasteiger partial charge in [-0.1, -0.05) is 0 Å². The predicted octanol–water partition coefficient (Wildman–Crippen LogP) is 3.32. The van der Waals surface area contributed by atoms with Crippen LogP contribution < -0.4 is 11.1 Å². The number of nitriles is 1. The number of halogens is 3. The number of anilines is 3. The van der Waals surface area contributed by atoms with Crippen molar-refractivity contribution in [1.29, 1.82) is 5.26 Å². The van der Waals surface area contributed by atoms with E-state index >= 15 is 0 Å². The van der Waals surface area contributed by atoms with E-state index in [1.54, 1.807) is 0 Å². The second kappa shape index (κ2) is 5.20. The van der Waals surface area contributed by atoms with Gasteiger partial charge in [-0.3, -0.25) is 0 Å². The molecule has 0 saturated carbocycles. The maximum Gasteiger partial charge on any atom is 0.153 e. The Balaban J connectivity index is 2.37. The minimum atomic E-state index is -0.654. The third-order valence-corrected chi connectivity index (χ3v) is 2.92. The molecule has 0 radical (unpaired) electrons. The summed E-state index contributed by atoms with van der Waals surface area (Å²) >= 11 is 2.88. The van der Waals surface area contributed by atoms with Crippen LogP contribution in [0.1, 0.15) is 5.56 Å². The van der Waals surface area contributed by atoms with Crippen LogP contribution in [-0.4, -0.2) is 4.98 Å². The molecule has 2 rings (SSSR count). The van der Waals surface area contributed by atoms with Gasteiger partial charge in [0, 0.05) is 12.3 Å². The number of hydrogen-bond donors (Lipinski definition) is 2. The first-order chi connectivity index (χ1) is 9.01. The third kappa shape index (κ3) is 2.80. The van der Waals surface area contributed by atoms with E-state index in [0.717, 1.165) is 12.1 Å². The first-order valence-electron chi connectivity index (χ1n) is 5.08. The topological polar surface area (TPSA) is 74.7 Å². The number of aromatic nitrogens is 1. The number of nitrogens with one attached hydrogen (secondary N) is 1. The van der Waals surface area contributed by atoms with Crippen molar-refractivity contribution in [1.82, 2.24) is 4.98 Å². The quantitative estimate of drug-likeness (QED) is 0.831. The zero-order valence-electron chi connectivity index (χ0n) is 9.42. The van der Waals surface area contributed by atoms with Gasteiger partial charge in [0.2, 0.25) is 0 Å². The molecule has 0 spiro atoms. The van der Waals surface area contributed by atoms with E-state index in [2.05, 4.69) is 26.2 Å². The van der Waals surface area contributed by atoms with Gasteiger partial charge >= 0.3 is 0 Å². The van der Waals surface area contributed by atoms with Crippen molar-refractivity contribution in [3.63, 3.8) is 0 Å². The van der Waals surface area contributed by atoms with Crippen LogP contribution in [0.3, 0.4) is 0 Å². The summed E-state index contributed by atoms with van der Waals surface area (Å²) < 4.78 is 27.0. The first kappa shape index (κ1) is 13.2. The van der Waals surface area contributed by atoms with Crippen LogP contribution in [0.25, 0.3) is 0 Å². The summed E-state index contributed by atoms with van der Waals surface area (Å²) in [5, 5.41) is 11.3. The van der Waals surface area contributed by atoms with Crippen LogP contribution in [-0.2, 0) is 0 Å². The Hall–Kier alpha value is -2.20. The van der Waals surface area contributed by atoms with E-state index < -0.39 is 11.6 Å². The van der Waals surface area contributed by atoms with E-state index in [-0.39, 0.29) is 27.2 Å².